The molecule has 2 aromatic heterocycles. The number of nitrogen functional groups attached to an aromatic ring is 1. The number of carbonyl (C=O) groups is 2. The van der Waals surface area contributed by atoms with Crippen molar-refractivity contribution < 1.29 is 24.5 Å². The second-order valence-electron chi connectivity index (χ2n) is 9.20. The number of aliphatic hydroxyl groups is 2. The second-order valence-corrected chi connectivity index (χ2v) is 9.20. The number of likely N-dealkylation sites (N-methyl/N-ethyl adjacent to an activating group) is 1. The summed E-state index contributed by atoms with van der Waals surface area (Å²) in [7, 11) is 0. The number of amides is 2. The summed E-state index contributed by atoms with van der Waals surface area (Å²) in [4.78, 5) is 37.1. The van der Waals surface area contributed by atoms with Crippen molar-refractivity contribution in [1.82, 2.24) is 30.2 Å². The molecule has 0 spiro atoms. The van der Waals surface area contributed by atoms with E-state index in [0.29, 0.717) is 30.9 Å². The Morgan fingerprint density at radius 3 is 2.50 bits per heavy atom. The number of carbonyl (C=O) groups excluding carboxylic acids is 2. The molecule has 2 aromatic rings. The third-order valence-electron chi connectivity index (χ3n) is 6.73. The fourth-order valence-corrected chi connectivity index (χ4v) is 4.78. The van der Waals surface area contributed by atoms with Crippen molar-refractivity contribution in [1.29, 1.82) is 0 Å². The third kappa shape index (κ3) is 5.28. The first-order valence-electron chi connectivity index (χ1n) is 12.4. The number of rotatable bonds is 6. The summed E-state index contributed by atoms with van der Waals surface area (Å²) in [5, 5.41) is 26.4. The maximum Gasteiger partial charge on any atom is 0.252 e. The van der Waals surface area contributed by atoms with Crippen LogP contribution >= 0.6 is 0 Å². The molecule has 4 rings (SSSR count). The highest BCUT2D eigenvalue weighted by atomic mass is 16.6. The molecule has 0 bridgehead atoms. The Labute approximate surface area is 209 Å². The van der Waals surface area contributed by atoms with Crippen LogP contribution in [0.15, 0.2) is 6.33 Å². The summed E-state index contributed by atoms with van der Waals surface area (Å²) in [6.45, 7) is 4.68. The molecule has 3 heterocycles. The number of nitrogens with one attached hydrogen (secondary N) is 2. The molecular weight excluding hydrogens is 466 g/mol. The zero-order chi connectivity index (χ0) is 25.8. The summed E-state index contributed by atoms with van der Waals surface area (Å²) < 4.78 is 7.10. The Hall–Kier alpha value is -3.27. The molecular formula is C24H33N7O5. The molecule has 12 nitrogen and oxygen atoms in total. The standard InChI is InChI=1S/C24H33N7O5/c1-3-26-22(34)14-10-8-13(9-11-14)6-5-7-15-29-20(25)16-21(30-15)31(12-28-16)24-18(33)17(32)19(36-24)23(35)27-4-2/h12-14,17-19,24,32-33H,3-4,6,8-11H2,1-2H3,(H,26,34)(H,27,35)(H2,25,29,30). The maximum absolute atomic E-state index is 12.2. The van der Waals surface area contributed by atoms with Crippen molar-refractivity contribution in [3.05, 3.63) is 12.2 Å². The Morgan fingerprint density at radius 1 is 1.11 bits per heavy atom. The Morgan fingerprint density at radius 2 is 1.81 bits per heavy atom. The third-order valence-corrected chi connectivity index (χ3v) is 6.73. The summed E-state index contributed by atoms with van der Waals surface area (Å²) >= 11 is 0. The average Bonchev–Trinajstić information content (AvgIpc) is 3.41. The van der Waals surface area contributed by atoms with E-state index in [2.05, 4.69) is 37.4 Å². The van der Waals surface area contributed by atoms with Crippen LogP contribution in [0.5, 0.6) is 0 Å². The summed E-state index contributed by atoms with van der Waals surface area (Å²) in [5.41, 5.74) is 6.66. The van der Waals surface area contributed by atoms with Gasteiger partial charge in [0.1, 0.15) is 17.7 Å². The van der Waals surface area contributed by atoms with Crippen molar-refractivity contribution >= 4 is 28.8 Å². The minimum Gasteiger partial charge on any atom is -0.387 e. The zero-order valence-corrected chi connectivity index (χ0v) is 20.5. The number of imidazole rings is 1. The predicted octanol–water partition coefficient (Wildman–Crippen LogP) is -0.152. The highest BCUT2D eigenvalue weighted by molar-refractivity contribution is 5.83. The molecule has 194 valence electrons. The van der Waals surface area contributed by atoms with Gasteiger partial charge in [-0.2, -0.15) is 0 Å². The van der Waals surface area contributed by atoms with E-state index in [4.69, 9.17) is 10.5 Å². The summed E-state index contributed by atoms with van der Waals surface area (Å²) in [5.74, 6) is 6.53. The van der Waals surface area contributed by atoms with Crippen molar-refractivity contribution in [2.45, 2.75) is 70.5 Å². The van der Waals surface area contributed by atoms with Crippen LogP contribution in [0.2, 0.25) is 0 Å². The molecule has 2 amide bonds. The monoisotopic (exact) mass is 499 g/mol. The maximum atomic E-state index is 12.2. The molecule has 1 aliphatic carbocycles. The van der Waals surface area contributed by atoms with Gasteiger partial charge in [-0.15, -0.1) is 0 Å². The van der Waals surface area contributed by atoms with Gasteiger partial charge in [-0.25, -0.2) is 15.0 Å². The Kier molecular flexibility index (Phi) is 8.03. The van der Waals surface area contributed by atoms with Gasteiger partial charge in [0.2, 0.25) is 11.7 Å². The van der Waals surface area contributed by atoms with Gasteiger partial charge in [0, 0.05) is 25.4 Å². The van der Waals surface area contributed by atoms with Gasteiger partial charge in [-0.1, -0.05) is 5.92 Å². The number of aromatic nitrogens is 4. The zero-order valence-electron chi connectivity index (χ0n) is 20.5. The van der Waals surface area contributed by atoms with Crippen molar-refractivity contribution in [2.24, 2.45) is 11.8 Å². The van der Waals surface area contributed by atoms with Gasteiger partial charge in [0.25, 0.3) is 5.91 Å². The van der Waals surface area contributed by atoms with E-state index in [0.717, 1.165) is 25.7 Å². The number of ether oxygens (including phenoxy) is 1. The molecule has 4 atom stereocenters. The van der Waals surface area contributed by atoms with E-state index in [1.54, 1.807) is 6.92 Å². The topological polar surface area (TPSA) is 178 Å². The van der Waals surface area contributed by atoms with Gasteiger partial charge >= 0.3 is 0 Å². The van der Waals surface area contributed by atoms with E-state index >= 15 is 0 Å². The van der Waals surface area contributed by atoms with Crippen LogP contribution in [0.3, 0.4) is 0 Å². The quantitative estimate of drug-likeness (QED) is 0.338. The predicted molar refractivity (Wildman–Crippen MR) is 130 cm³/mol. The molecule has 36 heavy (non-hydrogen) atoms. The lowest BCUT2D eigenvalue weighted by molar-refractivity contribution is -0.137. The Bertz CT molecular complexity index is 1160. The van der Waals surface area contributed by atoms with Crippen molar-refractivity contribution in [2.75, 3.05) is 18.8 Å². The number of hydrogen-bond acceptors (Lipinski definition) is 9. The van der Waals surface area contributed by atoms with Crippen LogP contribution in [-0.4, -0.2) is 72.9 Å². The molecule has 1 saturated carbocycles. The fraction of sp³-hybridized carbons (Fsp3) is 0.625. The minimum atomic E-state index is -1.42. The minimum absolute atomic E-state index is 0.0827. The summed E-state index contributed by atoms with van der Waals surface area (Å²) in [6.07, 6.45) is 0.523. The van der Waals surface area contributed by atoms with E-state index < -0.39 is 30.4 Å². The van der Waals surface area contributed by atoms with Crippen LogP contribution in [0, 0.1) is 23.7 Å². The van der Waals surface area contributed by atoms with E-state index in [1.807, 2.05) is 6.92 Å². The lowest BCUT2D eigenvalue weighted by Crippen LogP contribution is -2.42. The first-order valence-corrected chi connectivity index (χ1v) is 12.4. The molecule has 0 radical (unpaired) electrons. The second kappa shape index (κ2) is 11.2. The van der Waals surface area contributed by atoms with Crippen LogP contribution in [0.1, 0.15) is 58.0 Å². The fourth-order valence-electron chi connectivity index (χ4n) is 4.78. The van der Waals surface area contributed by atoms with E-state index in [-0.39, 0.29) is 29.1 Å². The molecule has 12 heteroatoms. The van der Waals surface area contributed by atoms with Crippen LogP contribution < -0.4 is 16.4 Å². The molecule has 4 unspecified atom stereocenters. The number of fused-ring (bicyclic) bond motifs is 1. The van der Waals surface area contributed by atoms with Crippen LogP contribution in [0.25, 0.3) is 11.2 Å². The average molecular weight is 500 g/mol. The van der Waals surface area contributed by atoms with Gasteiger partial charge in [-0.3, -0.25) is 14.2 Å². The number of nitrogens with two attached hydrogens (primary N) is 1. The first kappa shape index (κ1) is 25.8. The summed E-state index contributed by atoms with van der Waals surface area (Å²) in [6, 6.07) is 0. The normalized spacial score (nSPS) is 27.9. The lowest BCUT2D eigenvalue weighted by atomic mass is 9.80. The molecule has 1 aliphatic heterocycles. The molecule has 2 fully saturated rings. The van der Waals surface area contributed by atoms with Gasteiger partial charge in [0.05, 0.1) is 6.33 Å². The van der Waals surface area contributed by atoms with E-state index in [1.165, 1.54) is 10.9 Å². The largest absolute Gasteiger partial charge is 0.387 e. The van der Waals surface area contributed by atoms with Gasteiger partial charge < -0.3 is 31.3 Å². The lowest BCUT2D eigenvalue weighted by Gasteiger charge is -2.26. The number of nitrogens with zero attached hydrogens (tertiary/aromatic N) is 4. The highest BCUT2D eigenvalue weighted by Gasteiger charge is 2.47. The van der Waals surface area contributed by atoms with Crippen LogP contribution in [-0.2, 0) is 14.3 Å². The highest BCUT2D eigenvalue weighted by Crippen LogP contribution is 2.33. The molecule has 1 saturated heterocycles. The number of aliphatic hydroxyl groups excluding tert-OH is 2. The van der Waals surface area contributed by atoms with Crippen LogP contribution in [0.4, 0.5) is 5.82 Å². The first-order chi connectivity index (χ1) is 17.3. The molecule has 6 N–H and O–H groups in total. The molecule has 0 aromatic carbocycles. The van der Waals surface area contributed by atoms with Crippen molar-refractivity contribution in [3.63, 3.8) is 0 Å². The van der Waals surface area contributed by atoms with Gasteiger partial charge in [-0.05, 0) is 51.4 Å². The molecule has 2 aliphatic rings. The van der Waals surface area contributed by atoms with Crippen molar-refractivity contribution in [3.8, 4) is 11.8 Å². The number of anilines is 1. The van der Waals surface area contributed by atoms with Gasteiger partial charge in [0.15, 0.2) is 23.8 Å². The SMILES string of the molecule is CCNC(=O)C1CCC(CC#Cc2nc(N)c3ncn(C4OC(C(=O)NCC)C(O)C4O)c3n2)CC1. The Balaban J connectivity index is 1.47. The number of hydrogen-bond donors (Lipinski definition) is 5. The smallest absolute Gasteiger partial charge is 0.252 e. The van der Waals surface area contributed by atoms with E-state index in [9.17, 15) is 19.8 Å².